The van der Waals surface area contributed by atoms with Gasteiger partial charge in [-0.3, -0.25) is 9.59 Å². The molecule has 1 aromatic rings. The van der Waals surface area contributed by atoms with Crippen molar-refractivity contribution in [3.05, 3.63) is 53.6 Å². The first kappa shape index (κ1) is 10.0. The van der Waals surface area contributed by atoms with Crippen LogP contribution < -0.4 is 5.73 Å². The van der Waals surface area contributed by atoms with E-state index in [0.29, 0.717) is 16.8 Å². The third-order valence-electron chi connectivity index (χ3n) is 3.35. The Hall–Kier alpha value is -2.16. The zero-order valence-electron chi connectivity index (χ0n) is 9.09. The Morgan fingerprint density at radius 2 is 1.59 bits per heavy atom. The minimum Gasteiger partial charge on any atom is -0.398 e. The molecule has 2 atom stereocenters. The van der Waals surface area contributed by atoms with E-state index in [1.54, 1.807) is 36.4 Å². The average Bonchev–Trinajstić information content (AvgIpc) is 2.36. The number of carbonyl (C=O) groups excluding carboxylic acids is 2. The molecule has 2 aliphatic rings. The molecule has 3 nitrogen and oxygen atoms in total. The quantitative estimate of drug-likeness (QED) is 0.687. The van der Waals surface area contributed by atoms with Gasteiger partial charge in [0.15, 0.2) is 11.6 Å². The van der Waals surface area contributed by atoms with Gasteiger partial charge in [0.1, 0.15) is 0 Å². The smallest absolute Gasteiger partial charge is 0.173 e. The molecule has 0 spiro atoms. The third-order valence-corrected chi connectivity index (χ3v) is 3.35. The van der Waals surface area contributed by atoms with E-state index < -0.39 is 0 Å². The third kappa shape index (κ3) is 1.29. The first-order valence-electron chi connectivity index (χ1n) is 5.52. The standard InChI is InChI=1S/C14H11NO2/c15-11-7-3-6-10-12(11)14(17)9-5-2-1-4-8(9)13(10)16/h1-9H,15H2. The average molecular weight is 225 g/mol. The van der Waals surface area contributed by atoms with Crippen LogP contribution in [0.2, 0.25) is 0 Å². The van der Waals surface area contributed by atoms with Gasteiger partial charge in [0, 0.05) is 11.3 Å². The number of rotatable bonds is 0. The summed E-state index contributed by atoms with van der Waals surface area (Å²) in [6.07, 6.45) is 7.18. The Morgan fingerprint density at radius 3 is 2.29 bits per heavy atom. The van der Waals surface area contributed by atoms with Crippen LogP contribution in [-0.2, 0) is 0 Å². The van der Waals surface area contributed by atoms with Crippen molar-refractivity contribution in [1.82, 2.24) is 0 Å². The molecule has 84 valence electrons. The molecule has 3 rings (SSSR count). The van der Waals surface area contributed by atoms with E-state index >= 15 is 0 Å². The molecular weight excluding hydrogens is 214 g/mol. The van der Waals surface area contributed by atoms with Crippen molar-refractivity contribution >= 4 is 17.3 Å². The van der Waals surface area contributed by atoms with Crippen LogP contribution in [0.25, 0.3) is 0 Å². The van der Waals surface area contributed by atoms with Crippen LogP contribution in [0.1, 0.15) is 20.7 Å². The van der Waals surface area contributed by atoms with Crippen molar-refractivity contribution in [3.63, 3.8) is 0 Å². The minimum atomic E-state index is -0.385. The Bertz CT molecular complexity index is 584. The van der Waals surface area contributed by atoms with Crippen molar-refractivity contribution in [2.24, 2.45) is 11.8 Å². The van der Waals surface area contributed by atoms with Gasteiger partial charge in [0.25, 0.3) is 0 Å². The first-order chi connectivity index (χ1) is 8.20. The van der Waals surface area contributed by atoms with Crippen molar-refractivity contribution in [3.8, 4) is 0 Å². The Morgan fingerprint density at radius 1 is 0.941 bits per heavy atom. The largest absolute Gasteiger partial charge is 0.398 e. The van der Waals surface area contributed by atoms with Crippen molar-refractivity contribution in [2.45, 2.75) is 0 Å². The summed E-state index contributed by atoms with van der Waals surface area (Å²) in [6, 6.07) is 5.04. The maximum Gasteiger partial charge on any atom is 0.173 e. The number of anilines is 1. The molecule has 3 heteroatoms. The van der Waals surface area contributed by atoms with Crippen LogP contribution in [0.5, 0.6) is 0 Å². The summed E-state index contributed by atoms with van der Waals surface area (Å²) in [5.74, 6) is -0.813. The van der Waals surface area contributed by atoms with E-state index in [1.165, 1.54) is 0 Å². The number of nitrogen functional groups attached to an aromatic ring is 1. The monoisotopic (exact) mass is 225 g/mol. The van der Waals surface area contributed by atoms with Gasteiger partial charge >= 0.3 is 0 Å². The van der Waals surface area contributed by atoms with Crippen molar-refractivity contribution in [1.29, 1.82) is 0 Å². The molecule has 0 saturated carbocycles. The normalized spacial score (nSPS) is 25.6. The Kier molecular flexibility index (Phi) is 2.01. The van der Waals surface area contributed by atoms with Crippen molar-refractivity contribution < 1.29 is 9.59 Å². The molecule has 0 aromatic heterocycles. The van der Waals surface area contributed by atoms with Crippen LogP contribution in [0.15, 0.2) is 42.5 Å². The molecule has 2 unspecified atom stereocenters. The molecule has 0 bridgehead atoms. The van der Waals surface area contributed by atoms with Gasteiger partial charge in [0.2, 0.25) is 0 Å². The second kappa shape index (κ2) is 3.42. The second-order valence-electron chi connectivity index (χ2n) is 4.32. The molecule has 0 heterocycles. The van der Waals surface area contributed by atoms with E-state index in [4.69, 9.17) is 5.73 Å². The summed E-state index contributed by atoms with van der Waals surface area (Å²) in [4.78, 5) is 24.6. The van der Waals surface area contributed by atoms with E-state index in [0.717, 1.165) is 0 Å². The van der Waals surface area contributed by atoms with Gasteiger partial charge in [-0.25, -0.2) is 0 Å². The van der Waals surface area contributed by atoms with Crippen LogP contribution in [-0.4, -0.2) is 11.6 Å². The highest BCUT2D eigenvalue weighted by Gasteiger charge is 2.40. The van der Waals surface area contributed by atoms with Crippen molar-refractivity contribution in [2.75, 3.05) is 5.73 Å². The summed E-state index contributed by atoms with van der Waals surface area (Å²) in [6.45, 7) is 0. The molecule has 0 radical (unpaired) electrons. The number of hydrogen-bond donors (Lipinski definition) is 1. The van der Waals surface area contributed by atoms with E-state index in [1.807, 2.05) is 6.08 Å². The Balaban J connectivity index is 2.25. The fourth-order valence-electron chi connectivity index (χ4n) is 2.50. The second-order valence-corrected chi connectivity index (χ2v) is 4.32. The number of nitrogens with two attached hydrogens (primary N) is 1. The summed E-state index contributed by atoms with van der Waals surface area (Å²) in [5, 5.41) is 0. The molecule has 0 saturated heterocycles. The summed E-state index contributed by atoms with van der Waals surface area (Å²) < 4.78 is 0. The summed E-state index contributed by atoms with van der Waals surface area (Å²) in [7, 11) is 0. The lowest BCUT2D eigenvalue weighted by Gasteiger charge is -2.28. The highest BCUT2D eigenvalue weighted by molar-refractivity contribution is 6.19. The fraction of sp³-hybridized carbons (Fsp3) is 0.143. The highest BCUT2D eigenvalue weighted by atomic mass is 16.1. The lowest BCUT2D eigenvalue weighted by molar-refractivity contribution is 0.0802. The minimum absolute atomic E-state index is 0.0162. The number of allylic oxidation sites excluding steroid dienone is 4. The maximum atomic E-state index is 12.3. The number of hydrogen-bond acceptors (Lipinski definition) is 3. The van der Waals surface area contributed by atoms with Crippen LogP contribution in [0.4, 0.5) is 5.69 Å². The van der Waals surface area contributed by atoms with Gasteiger partial charge in [-0.05, 0) is 6.07 Å². The number of carbonyl (C=O) groups is 2. The fourth-order valence-corrected chi connectivity index (χ4v) is 2.50. The SMILES string of the molecule is Nc1cccc2c1C(=O)C1C=CC=CC1C2=O. The zero-order chi connectivity index (χ0) is 12.0. The molecule has 0 aliphatic heterocycles. The number of Topliss-reactive ketones (excluding diaryl/α,β-unsaturated/α-hetero) is 2. The van der Waals surface area contributed by atoms with Crippen LogP contribution in [0, 0.1) is 11.8 Å². The molecule has 2 aliphatic carbocycles. The van der Waals surface area contributed by atoms with Gasteiger partial charge in [-0.15, -0.1) is 0 Å². The molecule has 2 N–H and O–H groups in total. The summed E-state index contributed by atoms with van der Waals surface area (Å²) in [5.41, 5.74) is 7.03. The molecule has 17 heavy (non-hydrogen) atoms. The van der Waals surface area contributed by atoms with Gasteiger partial charge < -0.3 is 5.73 Å². The number of benzene rings is 1. The predicted octanol–water partition coefficient (Wildman–Crippen LogP) is 2.01. The van der Waals surface area contributed by atoms with Crippen LogP contribution >= 0.6 is 0 Å². The molecule has 0 amide bonds. The first-order valence-corrected chi connectivity index (χ1v) is 5.52. The Labute approximate surface area is 98.6 Å². The maximum absolute atomic E-state index is 12.3. The molecule has 1 aromatic carbocycles. The molecule has 0 fully saturated rings. The molecular formula is C14H11NO2. The lowest BCUT2D eigenvalue weighted by atomic mass is 9.72. The van der Waals surface area contributed by atoms with E-state index in [2.05, 4.69) is 0 Å². The van der Waals surface area contributed by atoms with Gasteiger partial charge in [-0.1, -0.05) is 36.4 Å². The predicted molar refractivity (Wildman–Crippen MR) is 64.8 cm³/mol. The topological polar surface area (TPSA) is 60.2 Å². The number of fused-ring (bicyclic) bond motifs is 2. The number of ketones is 2. The van der Waals surface area contributed by atoms with E-state index in [-0.39, 0.29) is 23.4 Å². The van der Waals surface area contributed by atoms with Gasteiger partial charge in [-0.2, -0.15) is 0 Å². The van der Waals surface area contributed by atoms with E-state index in [9.17, 15) is 9.59 Å². The van der Waals surface area contributed by atoms with Crippen LogP contribution in [0.3, 0.4) is 0 Å². The highest BCUT2D eigenvalue weighted by Crippen LogP contribution is 2.36. The summed E-state index contributed by atoms with van der Waals surface area (Å²) >= 11 is 0. The lowest BCUT2D eigenvalue weighted by Crippen LogP contribution is -2.35. The zero-order valence-corrected chi connectivity index (χ0v) is 9.09. The van der Waals surface area contributed by atoms with Gasteiger partial charge in [0.05, 0.1) is 17.4 Å².